The molecule has 2 heterocycles. The van der Waals surface area contributed by atoms with Crippen LogP contribution in [-0.4, -0.2) is 35.5 Å². The van der Waals surface area contributed by atoms with Gasteiger partial charge in [0.2, 0.25) is 0 Å². The van der Waals surface area contributed by atoms with Gasteiger partial charge in [0.25, 0.3) is 5.91 Å². The molecule has 0 saturated carbocycles. The summed E-state index contributed by atoms with van der Waals surface area (Å²) < 4.78 is 10.0. The van der Waals surface area contributed by atoms with E-state index in [1.807, 2.05) is 13.8 Å². The highest BCUT2D eigenvalue weighted by Crippen LogP contribution is 2.22. The molecule has 0 radical (unpaired) electrons. The first-order valence-electron chi connectivity index (χ1n) is 7.66. The first-order valence-corrected chi connectivity index (χ1v) is 7.66. The normalized spacial score (nSPS) is 21.6. The standard InChI is InChI=1S/C17H20N2O4/c1-12-5-3-6-13(2)19(12)16(20)11-23-17(21)14(10-18)9-15-7-4-8-22-15/h4,7-9,12-13H,3,5-6,11H2,1-2H3/b14-9+/t12-,13+. The van der Waals surface area contributed by atoms with Crippen molar-refractivity contribution in [1.82, 2.24) is 4.90 Å². The Morgan fingerprint density at radius 3 is 2.70 bits per heavy atom. The molecule has 6 nitrogen and oxygen atoms in total. The molecule has 0 spiro atoms. The molecule has 0 unspecified atom stereocenters. The van der Waals surface area contributed by atoms with Gasteiger partial charge in [-0.05, 0) is 45.2 Å². The van der Waals surface area contributed by atoms with E-state index in [2.05, 4.69) is 0 Å². The molecule has 23 heavy (non-hydrogen) atoms. The minimum Gasteiger partial charge on any atom is -0.465 e. The Hall–Kier alpha value is -2.55. The highest BCUT2D eigenvalue weighted by molar-refractivity contribution is 5.98. The summed E-state index contributed by atoms with van der Waals surface area (Å²) in [6.45, 7) is 3.63. The lowest BCUT2D eigenvalue weighted by Crippen LogP contribution is -2.49. The lowest BCUT2D eigenvalue weighted by atomic mass is 9.97. The third-order valence-electron chi connectivity index (χ3n) is 3.98. The maximum Gasteiger partial charge on any atom is 0.349 e. The van der Waals surface area contributed by atoms with Gasteiger partial charge in [-0.3, -0.25) is 4.79 Å². The van der Waals surface area contributed by atoms with Crippen molar-refractivity contribution < 1.29 is 18.7 Å². The topological polar surface area (TPSA) is 83.5 Å². The van der Waals surface area contributed by atoms with Crippen LogP contribution in [0.5, 0.6) is 0 Å². The second-order valence-corrected chi connectivity index (χ2v) is 5.69. The Kier molecular flexibility index (Phi) is 5.58. The zero-order valence-electron chi connectivity index (χ0n) is 13.3. The Morgan fingerprint density at radius 1 is 1.43 bits per heavy atom. The molecular weight excluding hydrogens is 296 g/mol. The highest BCUT2D eigenvalue weighted by atomic mass is 16.5. The maximum absolute atomic E-state index is 12.3. The van der Waals surface area contributed by atoms with Crippen molar-refractivity contribution in [3.8, 4) is 6.07 Å². The van der Waals surface area contributed by atoms with Crippen LogP contribution in [0, 0.1) is 11.3 Å². The smallest absolute Gasteiger partial charge is 0.349 e. The molecule has 122 valence electrons. The fraction of sp³-hybridized carbons (Fsp3) is 0.471. The van der Waals surface area contributed by atoms with Gasteiger partial charge in [-0.25, -0.2) is 4.79 Å². The van der Waals surface area contributed by atoms with Crippen molar-refractivity contribution in [3.05, 3.63) is 29.7 Å². The Bertz CT molecular complexity index is 618. The van der Waals surface area contributed by atoms with Crippen molar-refractivity contribution in [2.24, 2.45) is 0 Å². The van der Waals surface area contributed by atoms with E-state index in [0.29, 0.717) is 5.76 Å². The summed E-state index contributed by atoms with van der Waals surface area (Å²) in [7, 11) is 0. The maximum atomic E-state index is 12.3. The molecule has 0 N–H and O–H groups in total. The Morgan fingerprint density at radius 2 is 2.13 bits per heavy atom. The zero-order valence-corrected chi connectivity index (χ0v) is 13.3. The molecule has 1 saturated heterocycles. The number of carbonyl (C=O) groups excluding carboxylic acids is 2. The van der Waals surface area contributed by atoms with Crippen molar-refractivity contribution in [2.75, 3.05) is 6.61 Å². The summed E-state index contributed by atoms with van der Waals surface area (Å²) in [6, 6.07) is 5.30. The quantitative estimate of drug-likeness (QED) is 0.484. The van der Waals surface area contributed by atoms with Crippen molar-refractivity contribution in [2.45, 2.75) is 45.2 Å². The van der Waals surface area contributed by atoms with E-state index in [9.17, 15) is 9.59 Å². The fourth-order valence-electron chi connectivity index (χ4n) is 2.84. The lowest BCUT2D eigenvalue weighted by molar-refractivity contribution is -0.151. The number of hydrogen-bond acceptors (Lipinski definition) is 5. The van der Waals surface area contributed by atoms with E-state index >= 15 is 0 Å². The minimum atomic E-state index is -0.824. The molecule has 2 atom stereocenters. The van der Waals surface area contributed by atoms with Crippen LogP contribution in [-0.2, 0) is 14.3 Å². The monoisotopic (exact) mass is 316 g/mol. The number of rotatable bonds is 4. The van der Waals surface area contributed by atoms with Gasteiger partial charge < -0.3 is 14.1 Å². The summed E-state index contributed by atoms with van der Waals surface area (Å²) in [5.41, 5.74) is -0.201. The number of nitrogens with zero attached hydrogens (tertiary/aromatic N) is 2. The largest absolute Gasteiger partial charge is 0.465 e. The first-order chi connectivity index (χ1) is 11.0. The van der Waals surface area contributed by atoms with E-state index in [4.69, 9.17) is 14.4 Å². The molecule has 1 aliphatic heterocycles. The number of furan rings is 1. The first kappa shape index (κ1) is 16.8. The van der Waals surface area contributed by atoms with Gasteiger partial charge in [0, 0.05) is 18.2 Å². The van der Waals surface area contributed by atoms with Gasteiger partial charge in [-0.15, -0.1) is 0 Å². The second-order valence-electron chi connectivity index (χ2n) is 5.69. The highest BCUT2D eigenvalue weighted by Gasteiger charge is 2.29. The Labute approximate surface area is 135 Å². The van der Waals surface area contributed by atoms with Crippen LogP contribution in [0.3, 0.4) is 0 Å². The van der Waals surface area contributed by atoms with Crippen LogP contribution in [0.2, 0.25) is 0 Å². The summed E-state index contributed by atoms with van der Waals surface area (Å²) >= 11 is 0. The molecule has 2 rings (SSSR count). The van der Waals surface area contributed by atoms with Gasteiger partial charge in [0.05, 0.1) is 6.26 Å². The average Bonchev–Trinajstić information content (AvgIpc) is 3.03. The lowest BCUT2D eigenvalue weighted by Gasteiger charge is -2.38. The predicted octanol–water partition coefficient (Wildman–Crippen LogP) is 2.52. The molecule has 0 bridgehead atoms. The number of likely N-dealkylation sites (tertiary alicyclic amines) is 1. The Balaban J connectivity index is 1.95. The molecule has 1 amide bonds. The molecule has 6 heteroatoms. The van der Waals surface area contributed by atoms with Gasteiger partial charge in [-0.2, -0.15) is 5.26 Å². The third-order valence-corrected chi connectivity index (χ3v) is 3.98. The molecule has 1 aromatic rings. The van der Waals surface area contributed by atoms with Crippen LogP contribution in [0.4, 0.5) is 0 Å². The zero-order chi connectivity index (χ0) is 16.8. The SMILES string of the molecule is C[C@@H]1CCC[C@H](C)N1C(=O)COC(=O)/C(C#N)=C/c1ccco1. The second kappa shape index (κ2) is 7.63. The predicted molar refractivity (Wildman–Crippen MR) is 82.9 cm³/mol. The van der Waals surface area contributed by atoms with Crippen LogP contribution >= 0.6 is 0 Å². The fourth-order valence-corrected chi connectivity index (χ4v) is 2.84. The summed E-state index contributed by atoms with van der Waals surface area (Å²) in [5.74, 6) is -0.675. The van der Waals surface area contributed by atoms with Crippen molar-refractivity contribution in [1.29, 1.82) is 5.26 Å². The van der Waals surface area contributed by atoms with E-state index in [1.165, 1.54) is 12.3 Å². The minimum absolute atomic E-state index is 0.138. The van der Waals surface area contributed by atoms with Crippen LogP contribution in [0.15, 0.2) is 28.4 Å². The summed E-state index contributed by atoms with van der Waals surface area (Å²) in [6.07, 6.45) is 5.72. The number of ether oxygens (including phenoxy) is 1. The van der Waals surface area contributed by atoms with Crippen LogP contribution in [0.25, 0.3) is 6.08 Å². The average molecular weight is 316 g/mol. The number of piperidine rings is 1. The van der Waals surface area contributed by atoms with Gasteiger partial charge in [0.1, 0.15) is 17.4 Å². The van der Waals surface area contributed by atoms with Crippen LogP contribution < -0.4 is 0 Å². The molecular formula is C17H20N2O4. The summed E-state index contributed by atoms with van der Waals surface area (Å²) in [5, 5.41) is 9.04. The summed E-state index contributed by atoms with van der Waals surface area (Å²) in [4.78, 5) is 26.0. The van der Waals surface area contributed by atoms with E-state index in [1.54, 1.807) is 23.1 Å². The number of esters is 1. The number of amides is 1. The molecule has 0 aromatic carbocycles. The molecule has 1 aromatic heterocycles. The number of hydrogen-bond donors (Lipinski definition) is 0. The van der Waals surface area contributed by atoms with Crippen LogP contribution in [0.1, 0.15) is 38.9 Å². The number of nitriles is 1. The molecule has 0 aliphatic carbocycles. The van der Waals surface area contributed by atoms with Gasteiger partial charge in [-0.1, -0.05) is 0 Å². The van der Waals surface area contributed by atoms with Crippen molar-refractivity contribution in [3.63, 3.8) is 0 Å². The van der Waals surface area contributed by atoms with Crippen molar-refractivity contribution >= 4 is 18.0 Å². The van der Waals surface area contributed by atoms with Gasteiger partial charge in [0.15, 0.2) is 6.61 Å². The molecule has 1 aliphatic rings. The van der Waals surface area contributed by atoms with E-state index in [-0.39, 0.29) is 30.2 Å². The number of carbonyl (C=O) groups is 2. The van der Waals surface area contributed by atoms with Gasteiger partial charge >= 0.3 is 5.97 Å². The third kappa shape index (κ3) is 4.22. The molecule has 1 fully saturated rings. The van der Waals surface area contributed by atoms with E-state index in [0.717, 1.165) is 19.3 Å². The van der Waals surface area contributed by atoms with E-state index < -0.39 is 5.97 Å².